The molecule has 0 unspecified atom stereocenters. The van der Waals surface area contributed by atoms with Crippen molar-refractivity contribution in [3.05, 3.63) is 52.2 Å². The molecule has 7 nitrogen and oxygen atoms in total. The zero-order valence-corrected chi connectivity index (χ0v) is 18.5. The van der Waals surface area contributed by atoms with Crippen LogP contribution in [0.4, 0.5) is 0 Å². The summed E-state index contributed by atoms with van der Waals surface area (Å²) in [7, 11) is -3.57. The molecule has 1 atom stereocenters. The van der Waals surface area contributed by atoms with Gasteiger partial charge in [0.1, 0.15) is 6.04 Å². The number of rotatable bonds is 4. The van der Waals surface area contributed by atoms with Crippen molar-refractivity contribution >= 4 is 33.2 Å². The summed E-state index contributed by atoms with van der Waals surface area (Å²) < 4.78 is 27.2. The molecule has 2 fully saturated rings. The lowest BCUT2D eigenvalue weighted by molar-refractivity contribution is -0.136. The third kappa shape index (κ3) is 4.01. The van der Waals surface area contributed by atoms with E-state index in [1.807, 2.05) is 18.4 Å². The highest BCUT2D eigenvalue weighted by atomic mass is 32.2. The van der Waals surface area contributed by atoms with E-state index in [1.165, 1.54) is 15.6 Å². The van der Waals surface area contributed by atoms with E-state index < -0.39 is 16.1 Å². The van der Waals surface area contributed by atoms with Gasteiger partial charge in [-0.05, 0) is 43.3 Å². The molecular formula is C21H25N3O4S2. The molecule has 30 heavy (non-hydrogen) atoms. The Kier molecular flexibility index (Phi) is 5.95. The Morgan fingerprint density at radius 2 is 1.70 bits per heavy atom. The fraction of sp³-hybridized carbons (Fsp3) is 0.429. The first-order valence-electron chi connectivity index (χ1n) is 10.1. The van der Waals surface area contributed by atoms with Gasteiger partial charge in [0, 0.05) is 32.7 Å². The van der Waals surface area contributed by atoms with Crippen LogP contribution >= 0.6 is 11.3 Å². The zero-order valence-electron chi connectivity index (χ0n) is 16.9. The van der Waals surface area contributed by atoms with Crippen LogP contribution < -0.4 is 0 Å². The maximum absolute atomic E-state index is 13.1. The van der Waals surface area contributed by atoms with Crippen molar-refractivity contribution in [1.82, 2.24) is 14.1 Å². The van der Waals surface area contributed by atoms with Crippen molar-refractivity contribution in [2.45, 2.75) is 30.7 Å². The van der Waals surface area contributed by atoms with E-state index in [4.69, 9.17) is 0 Å². The van der Waals surface area contributed by atoms with Gasteiger partial charge >= 0.3 is 0 Å². The summed E-state index contributed by atoms with van der Waals surface area (Å²) in [5, 5.41) is 1.86. The van der Waals surface area contributed by atoms with Gasteiger partial charge in [0.15, 0.2) is 0 Å². The van der Waals surface area contributed by atoms with E-state index in [-0.39, 0.29) is 29.8 Å². The van der Waals surface area contributed by atoms with Gasteiger partial charge in [0.05, 0.1) is 9.77 Å². The van der Waals surface area contributed by atoms with E-state index in [2.05, 4.69) is 0 Å². The van der Waals surface area contributed by atoms with E-state index in [0.29, 0.717) is 30.9 Å². The van der Waals surface area contributed by atoms with Gasteiger partial charge < -0.3 is 9.80 Å². The number of benzene rings is 1. The molecular weight excluding hydrogens is 422 g/mol. The van der Waals surface area contributed by atoms with Gasteiger partial charge in [-0.1, -0.05) is 23.8 Å². The summed E-state index contributed by atoms with van der Waals surface area (Å²) in [6, 6.07) is 9.96. The number of piperazine rings is 1. The standard InChI is InChI=1S/C21H25N3O4S2/c1-16-6-8-17(9-7-16)30(27,28)23-13-11-22(12-14-23)20(25)18-4-2-10-24(18)21(26)19-5-3-15-29-19/h3,5-9,15,18H,2,4,10-14H2,1H3/t18-/m1/s1. The van der Waals surface area contributed by atoms with Gasteiger partial charge in [-0.15, -0.1) is 11.3 Å². The van der Waals surface area contributed by atoms with Crippen molar-refractivity contribution in [3.8, 4) is 0 Å². The van der Waals surface area contributed by atoms with Gasteiger partial charge in [-0.25, -0.2) is 8.42 Å². The number of hydrogen-bond acceptors (Lipinski definition) is 5. The summed E-state index contributed by atoms with van der Waals surface area (Å²) in [6.07, 6.45) is 1.45. The van der Waals surface area contributed by atoms with Crippen molar-refractivity contribution in [2.24, 2.45) is 0 Å². The van der Waals surface area contributed by atoms with Crippen molar-refractivity contribution in [3.63, 3.8) is 0 Å². The fourth-order valence-electron chi connectivity index (χ4n) is 4.03. The van der Waals surface area contributed by atoms with E-state index in [9.17, 15) is 18.0 Å². The number of thiophene rings is 1. The van der Waals surface area contributed by atoms with E-state index in [1.54, 1.807) is 40.1 Å². The molecule has 2 aromatic rings. The minimum Gasteiger partial charge on any atom is -0.338 e. The molecule has 2 saturated heterocycles. The number of nitrogens with zero attached hydrogens (tertiary/aromatic N) is 3. The number of sulfonamides is 1. The smallest absolute Gasteiger partial charge is 0.264 e. The van der Waals surface area contributed by atoms with E-state index >= 15 is 0 Å². The Labute approximate surface area is 180 Å². The molecule has 0 aliphatic carbocycles. The summed E-state index contributed by atoms with van der Waals surface area (Å²) in [5.74, 6) is -0.175. The predicted molar refractivity (Wildman–Crippen MR) is 115 cm³/mol. The molecule has 0 saturated carbocycles. The molecule has 2 amide bonds. The lowest BCUT2D eigenvalue weighted by Gasteiger charge is -2.36. The maximum Gasteiger partial charge on any atom is 0.264 e. The zero-order chi connectivity index (χ0) is 21.3. The normalized spacial score (nSPS) is 20.5. The fourth-order valence-corrected chi connectivity index (χ4v) is 6.13. The second-order valence-corrected chi connectivity index (χ2v) is 10.6. The molecule has 0 bridgehead atoms. The highest BCUT2D eigenvalue weighted by Gasteiger charge is 2.39. The highest BCUT2D eigenvalue weighted by molar-refractivity contribution is 7.89. The minimum absolute atomic E-state index is 0.0789. The van der Waals surface area contributed by atoms with Crippen LogP contribution in [0.15, 0.2) is 46.7 Å². The summed E-state index contributed by atoms with van der Waals surface area (Å²) in [4.78, 5) is 30.2. The molecule has 0 radical (unpaired) electrons. The summed E-state index contributed by atoms with van der Waals surface area (Å²) in [6.45, 7) is 3.68. The maximum atomic E-state index is 13.1. The van der Waals surface area contributed by atoms with Crippen LogP contribution in [0.1, 0.15) is 28.1 Å². The number of aryl methyl sites for hydroxylation is 1. The molecule has 4 rings (SSSR count). The second kappa shape index (κ2) is 8.49. The molecule has 2 aliphatic rings. The number of hydrogen-bond donors (Lipinski definition) is 0. The number of carbonyl (C=O) groups excluding carboxylic acids is 2. The van der Waals surface area contributed by atoms with Gasteiger partial charge in [-0.3, -0.25) is 9.59 Å². The van der Waals surface area contributed by atoms with Crippen LogP contribution in [0.2, 0.25) is 0 Å². The van der Waals surface area contributed by atoms with Gasteiger partial charge in [0.25, 0.3) is 5.91 Å². The topological polar surface area (TPSA) is 78.0 Å². The van der Waals surface area contributed by atoms with Crippen LogP contribution in [0.5, 0.6) is 0 Å². The first-order chi connectivity index (χ1) is 14.4. The third-order valence-electron chi connectivity index (χ3n) is 5.74. The monoisotopic (exact) mass is 447 g/mol. The average molecular weight is 448 g/mol. The molecule has 0 spiro atoms. The van der Waals surface area contributed by atoms with Crippen LogP contribution in [-0.4, -0.2) is 73.1 Å². The molecule has 1 aromatic heterocycles. The lowest BCUT2D eigenvalue weighted by atomic mass is 10.1. The first-order valence-corrected chi connectivity index (χ1v) is 12.4. The largest absolute Gasteiger partial charge is 0.338 e. The first kappa shape index (κ1) is 21.0. The summed E-state index contributed by atoms with van der Waals surface area (Å²) in [5.41, 5.74) is 1.00. The van der Waals surface area contributed by atoms with Gasteiger partial charge in [-0.2, -0.15) is 4.31 Å². The molecule has 9 heteroatoms. The molecule has 1 aromatic carbocycles. The molecule has 0 N–H and O–H groups in total. The summed E-state index contributed by atoms with van der Waals surface area (Å²) >= 11 is 1.38. The van der Waals surface area contributed by atoms with E-state index in [0.717, 1.165) is 12.0 Å². The number of carbonyl (C=O) groups is 2. The Balaban J connectivity index is 1.40. The Hall–Kier alpha value is -2.23. The third-order valence-corrected chi connectivity index (χ3v) is 8.51. The molecule has 160 valence electrons. The van der Waals surface area contributed by atoms with Gasteiger partial charge in [0.2, 0.25) is 15.9 Å². The second-order valence-electron chi connectivity index (χ2n) is 7.68. The minimum atomic E-state index is -3.57. The van der Waals surface area contributed by atoms with Crippen LogP contribution in [0.3, 0.4) is 0 Å². The van der Waals surface area contributed by atoms with Crippen LogP contribution in [-0.2, 0) is 14.8 Å². The molecule has 2 aliphatic heterocycles. The predicted octanol–water partition coefficient (Wildman–Crippen LogP) is 2.19. The van der Waals surface area contributed by atoms with Crippen LogP contribution in [0.25, 0.3) is 0 Å². The highest BCUT2D eigenvalue weighted by Crippen LogP contribution is 2.25. The van der Waals surface area contributed by atoms with Crippen molar-refractivity contribution < 1.29 is 18.0 Å². The average Bonchev–Trinajstić information content (AvgIpc) is 3.45. The Bertz CT molecular complexity index is 1010. The number of likely N-dealkylation sites (tertiary alicyclic amines) is 1. The van der Waals surface area contributed by atoms with Crippen LogP contribution in [0, 0.1) is 6.92 Å². The number of amides is 2. The molecule has 3 heterocycles. The lowest BCUT2D eigenvalue weighted by Crippen LogP contribution is -2.55. The van der Waals surface area contributed by atoms with Crippen molar-refractivity contribution in [2.75, 3.05) is 32.7 Å². The Morgan fingerprint density at radius 1 is 1.00 bits per heavy atom. The van der Waals surface area contributed by atoms with Crippen molar-refractivity contribution in [1.29, 1.82) is 0 Å². The SMILES string of the molecule is Cc1ccc(S(=O)(=O)N2CCN(C(=O)[C@H]3CCCN3C(=O)c3cccs3)CC2)cc1. The quantitative estimate of drug-likeness (QED) is 0.720. The Morgan fingerprint density at radius 3 is 2.33 bits per heavy atom.